The third-order valence-corrected chi connectivity index (χ3v) is 7.04. The van der Waals surface area contributed by atoms with E-state index < -0.39 is 23.8 Å². The zero-order chi connectivity index (χ0) is 23.3. The lowest BCUT2D eigenvalue weighted by Crippen LogP contribution is -2.58. The average Bonchev–Trinajstić information content (AvgIpc) is 3.35. The molecule has 0 unspecified atom stereocenters. The second kappa shape index (κ2) is 7.80. The first-order valence-electron chi connectivity index (χ1n) is 11.2. The lowest BCUT2D eigenvalue weighted by atomic mass is 9.78. The van der Waals surface area contributed by atoms with Crippen LogP contribution in [-0.2, 0) is 14.3 Å². The molecule has 4 aromatic carbocycles. The van der Waals surface area contributed by atoms with Crippen molar-refractivity contribution in [2.45, 2.75) is 24.0 Å². The van der Waals surface area contributed by atoms with Crippen LogP contribution in [0.3, 0.4) is 0 Å². The van der Waals surface area contributed by atoms with Gasteiger partial charge in [-0.05, 0) is 45.0 Å². The molecule has 3 N–H and O–H groups in total. The number of nitrogens with two attached hydrogens (primary N) is 1. The van der Waals surface area contributed by atoms with E-state index in [2.05, 4.69) is 29.7 Å². The molecule has 6 heteroatoms. The van der Waals surface area contributed by atoms with Gasteiger partial charge in [0.15, 0.2) is 0 Å². The average molecular weight is 450 g/mol. The molecule has 168 valence electrons. The molecule has 0 aromatic heterocycles. The first-order valence-corrected chi connectivity index (χ1v) is 11.2. The fourth-order valence-electron chi connectivity index (χ4n) is 5.46. The maximum absolute atomic E-state index is 13.0. The van der Waals surface area contributed by atoms with Crippen LogP contribution in [0.1, 0.15) is 34.9 Å². The van der Waals surface area contributed by atoms with Gasteiger partial charge in [-0.1, -0.05) is 91.0 Å². The van der Waals surface area contributed by atoms with Crippen molar-refractivity contribution >= 4 is 22.9 Å². The van der Waals surface area contributed by atoms with Gasteiger partial charge in [-0.3, -0.25) is 5.84 Å². The Bertz CT molecular complexity index is 1400. The molecule has 0 bridgehead atoms. The molecule has 2 atom stereocenters. The van der Waals surface area contributed by atoms with Gasteiger partial charge >= 0.3 is 12.1 Å². The highest BCUT2D eigenvalue weighted by Crippen LogP contribution is 2.51. The van der Waals surface area contributed by atoms with Crippen LogP contribution in [0.2, 0.25) is 0 Å². The minimum Gasteiger partial charge on any atom is -0.398 e. The van der Waals surface area contributed by atoms with Gasteiger partial charge in [0.05, 0.1) is 5.92 Å². The molecular weight excluding hydrogens is 428 g/mol. The van der Waals surface area contributed by atoms with E-state index in [4.69, 9.17) is 15.3 Å². The Balaban J connectivity index is 1.52. The van der Waals surface area contributed by atoms with Crippen LogP contribution in [0.15, 0.2) is 91.0 Å². The first kappa shape index (κ1) is 20.6. The smallest absolute Gasteiger partial charge is 0.398 e. The number of hydrazine groups is 1. The Hall–Kier alpha value is -4.00. The number of hydrogen-bond acceptors (Lipinski definition) is 6. The van der Waals surface area contributed by atoms with Crippen LogP contribution in [-0.4, -0.2) is 17.8 Å². The third-order valence-electron chi connectivity index (χ3n) is 7.04. The third kappa shape index (κ3) is 3.04. The van der Waals surface area contributed by atoms with E-state index in [1.54, 1.807) is 0 Å². The fraction of sp³-hybridized carbons (Fsp3) is 0.143. The molecule has 2 aliphatic rings. The molecule has 6 nitrogen and oxygen atoms in total. The number of cyclic esters (lactones) is 3. The quantitative estimate of drug-likeness (QED) is 0.193. The van der Waals surface area contributed by atoms with Crippen LogP contribution in [0.5, 0.6) is 0 Å². The van der Waals surface area contributed by atoms with Crippen molar-refractivity contribution in [2.24, 2.45) is 5.84 Å². The van der Waals surface area contributed by atoms with Crippen LogP contribution >= 0.6 is 0 Å². The van der Waals surface area contributed by atoms with Crippen molar-refractivity contribution in [3.05, 3.63) is 108 Å². The summed E-state index contributed by atoms with van der Waals surface area (Å²) in [6, 6.07) is 30.5. The van der Waals surface area contributed by atoms with E-state index in [0.717, 1.165) is 16.3 Å². The predicted octanol–water partition coefficient (Wildman–Crippen LogP) is 4.98. The van der Waals surface area contributed by atoms with Gasteiger partial charge in [0.1, 0.15) is 0 Å². The van der Waals surface area contributed by atoms with Crippen LogP contribution < -0.4 is 11.3 Å². The molecule has 1 heterocycles. The summed E-state index contributed by atoms with van der Waals surface area (Å²) in [5, 5.41) is 2.09. The maximum Gasteiger partial charge on any atom is 0.518 e. The Kier molecular flexibility index (Phi) is 4.72. The summed E-state index contributed by atoms with van der Waals surface area (Å²) in [4.78, 5) is 25.0. The summed E-state index contributed by atoms with van der Waals surface area (Å²) < 4.78 is 10.3. The molecule has 0 spiro atoms. The van der Waals surface area contributed by atoms with Gasteiger partial charge in [-0.2, -0.15) is 0 Å². The number of carbonyl (C=O) groups is 2. The maximum atomic E-state index is 13.0. The molecule has 4 aromatic rings. The highest BCUT2D eigenvalue weighted by Gasteiger charge is 2.58. The summed E-state index contributed by atoms with van der Waals surface area (Å²) in [6.07, 6.45) is -0.583. The van der Waals surface area contributed by atoms with Crippen LogP contribution in [0, 0.1) is 0 Å². The van der Waals surface area contributed by atoms with Crippen molar-refractivity contribution in [3.63, 3.8) is 0 Å². The predicted molar refractivity (Wildman–Crippen MR) is 128 cm³/mol. The molecule has 1 saturated heterocycles. The summed E-state index contributed by atoms with van der Waals surface area (Å²) in [5.41, 5.74) is 6.17. The number of hydrogen-bond donors (Lipinski definition) is 2. The Morgan fingerprint density at radius 2 is 1.44 bits per heavy atom. The van der Waals surface area contributed by atoms with Crippen molar-refractivity contribution in [1.82, 2.24) is 5.43 Å². The van der Waals surface area contributed by atoms with Crippen molar-refractivity contribution in [3.8, 4) is 11.1 Å². The summed E-state index contributed by atoms with van der Waals surface area (Å²) >= 11 is 0. The zero-order valence-electron chi connectivity index (χ0n) is 18.2. The molecule has 6 rings (SSSR count). The van der Waals surface area contributed by atoms with Gasteiger partial charge in [-0.15, -0.1) is 0 Å². The largest absolute Gasteiger partial charge is 0.518 e. The normalized spacial score (nSPS) is 20.0. The second-order valence-corrected chi connectivity index (χ2v) is 8.74. The number of fused-ring (bicyclic) bond motifs is 4. The zero-order valence-corrected chi connectivity index (χ0v) is 18.2. The Labute approximate surface area is 196 Å². The summed E-state index contributed by atoms with van der Waals surface area (Å²) in [6.45, 7) is 0. The van der Waals surface area contributed by atoms with E-state index in [9.17, 15) is 9.59 Å². The fourth-order valence-corrected chi connectivity index (χ4v) is 5.46. The van der Waals surface area contributed by atoms with Crippen molar-refractivity contribution in [1.29, 1.82) is 0 Å². The van der Waals surface area contributed by atoms with Crippen molar-refractivity contribution in [2.75, 3.05) is 0 Å². The van der Waals surface area contributed by atoms with E-state index in [1.807, 2.05) is 66.7 Å². The molecule has 0 radical (unpaired) electrons. The number of nitrogens with one attached hydrogen (secondary N) is 1. The topological polar surface area (TPSA) is 90.7 Å². The molecule has 1 aliphatic carbocycles. The van der Waals surface area contributed by atoms with E-state index in [1.165, 1.54) is 22.3 Å². The number of benzene rings is 4. The van der Waals surface area contributed by atoms with E-state index in [-0.39, 0.29) is 5.92 Å². The lowest BCUT2D eigenvalue weighted by Gasteiger charge is -2.33. The number of carbonyl (C=O) groups excluding carboxylic acids is 2. The van der Waals surface area contributed by atoms with E-state index in [0.29, 0.717) is 6.42 Å². The SMILES string of the molecule is NN[C@@]1([C@@H](CC2c3ccccc3-c3ccccc32)c2ccc3ccccc3c2)OC(=O)OC1=O. The van der Waals surface area contributed by atoms with Gasteiger partial charge in [-0.25, -0.2) is 15.0 Å². The summed E-state index contributed by atoms with van der Waals surface area (Å²) in [7, 11) is 0. The van der Waals surface area contributed by atoms with Crippen molar-refractivity contribution < 1.29 is 19.1 Å². The molecule has 1 fully saturated rings. The molecule has 34 heavy (non-hydrogen) atoms. The minimum absolute atomic E-state index is 0.0267. The minimum atomic E-state index is -1.83. The highest BCUT2D eigenvalue weighted by atomic mass is 16.8. The summed E-state index contributed by atoms with van der Waals surface area (Å²) in [5.74, 6) is 4.44. The van der Waals surface area contributed by atoms with Crippen LogP contribution in [0.25, 0.3) is 21.9 Å². The highest BCUT2D eigenvalue weighted by molar-refractivity contribution is 5.95. The molecular formula is C28H22N2O4. The number of rotatable bonds is 5. The standard InChI is InChI=1S/C28H22N2O4/c29-30-28(26(31)33-27(32)34-28)25(19-14-13-17-7-1-2-8-18(17)15-19)16-24-22-11-5-3-9-20(22)21-10-4-6-12-23(21)24/h1-15,24-25,30H,16,29H2/t25-,28-/m0/s1. The number of esters is 1. The van der Waals surface area contributed by atoms with Crippen LogP contribution in [0.4, 0.5) is 4.79 Å². The second-order valence-electron chi connectivity index (χ2n) is 8.74. The van der Waals surface area contributed by atoms with Gasteiger partial charge in [0.2, 0.25) is 0 Å². The molecule has 0 saturated carbocycles. The Morgan fingerprint density at radius 1 is 0.824 bits per heavy atom. The molecule has 1 aliphatic heterocycles. The first-order chi connectivity index (χ1) is 16.6. The van der Waals surface area contributed by atoms with Gasteiger partial charge < -0.3 is 9.47 Å². The van der Waals surface area contributed by atoms with E-state index >= 15 is 0 Å². The number of ether oxygens (including phenoxy) is 2. The molecule has 0 amide bonds. The van der Waals surface area contributed by atoms with Gasteiger partial charge in [0, 0.05) is 5.92 Å². The Morgan fingerprint density at radius 3 is 2.06 bits per heavy atom. The monoisotopic (exact) mass is 450 g/mol. The van der Waals surface area contributed by atoms with Gasteiger partial charge in [0.25, 0.3) is 5.72 Å². The lowest BCUT2D eigenvalue weighted by molar-refractivity contribution is -0.148.